The molecule has 0 heterocycles. The highest BCUT2D eigenvalue weighted by atomic mass is 79.9. The van der Waals surface area contributed by atoms with Gasteiger partial charge < -0.3 is 4.90 Å². The van der Waals surface area contributed by atoms with Crippen LogP contribution >= 0.6 is 15.9 Å². The zero-order chi connectivity index (χ0) is 12.1. The number of carbonyl (C=O) groups is 1. The predicted molar refractivity (Wildman–Crippen MR) is 71.6 cm³/mol. The number of hydrogen-bond acceptors (Lipinski definition) is 1. The highest BCUT2D eigenvalue weighted by Crippen LogP contribution is 2.25. The van der Waals surface area contributed by atoms with E-state index in [1.807, 2.05) is 44.2 Å². The fourth-order valence-electron chi connectivity index (χ4n) is 1.34. The van der Waals surface area contributed by atoms with Crippen LogP contribution in [-0.2, 0) is 4.79 Å². The third-order valence-electron chi connectivity index (χ3n) is 2.21. The van der Waals surface area contributed by atoms with Gasteiger partial charge in [0.15, 0.2) is 0 Å². The molecule has 0 radical (unpaired) electrons. The van der Waals surface area contributed by atoms with E-state index in [0.717, 1.165) is 10.2 Å². The van der Waals surface area contributed by atoms with Crippen LogP contribution in [0.4, 0.5) is 5.69 Å². The summed E-state index contributed by atoms with van der Waals surface area (Å²) in [6.07, 6.45) is 2.04. The number of hydrogen-bond donors (Lipinski definition) is 0. The molecule has 0 atom stereocenters. The molecule has 1 rings (SSSR count). The molecule has 0 bridgehead atoms. The van der Waals surface area contributed by atoms with Crippen LogP contribution in [0.1, 0.15) is 20.8 Å². The quantitative estimate of drug-likeness (QED) is 0.773. The van der Waals surface area contributed by atoms with Gasteiger partial charge >= 0.3 is 0 Å². The van der Waals surface area contributed by atoms with Crippen molar-refractivity contribution < 1.29 is 4.79 Å². The van der Waals surface area contributed by atoms with Gasteiger partial charge in [-0.3, -0.25) is 4.79 Å². The molecule has 1 amide bonds. The number of allylic oxidation sites excluding steroid dienone is 1. The van der Waals surface area contributed by atoms with E-state index in [0.29, 0.717) is 6.54 Å². The first-order valence-electron chi connectivity index (χ1n) is 5.18. The van der Waals surface area contributed by atoms with Crippen molar-refractivity contribution >= 4 is 27.5 Å². The Morgan fingerprint density at radius 2 is 1.94 bits per heavy atom. The Hall–Kier alpha value is -1.09. The van der Waals surface area contributed by atoms with E-state index in [4.69, 9.17) is 0 Å². The van der Waals surface area contributed by atoms with Gasteiger partial charge in [0.25, 0.3) is 0 Å². The van der Waals surface area contributed by atoms with E-state index in [2.05, 4.69) is 15.9 Å². The number of benzene rings is 1. The van der Waals surface area contributed by atoms with Gasteiger partial charge in [-0.1, -0.05) is 23.8 Å². The third-order valence-corrected chi connectivity index (χ3v) is 2.88. The summed E-state index contributed by atoms with van der Waals surface area (Å²) in [6, 6.07) is 7.74. The second-order valence-electron chi connectivity index (χ2n) is 3.86. The Balaban J connectivity index is 2.99. The van der Waals surface area contributed by atoms with E-state index < -0.39 is 0 Å². The molecule has 0 saturated heterocycles. The van der Waals surface area contributed by atoms with Crippen molar-refractivity contribution in [2.75, 3.05) is 11.4 Å². The molecule has 0 N–H and O–H groups in total. The first kappa shape index (κ1) is 13.0. The molecular weight excluding hydrogens is 266 g/mol. The number of para-hydroxylation sites is 1. The van der Waals surface area contributed by atoms with Crippen LogP contribution in [0.2, 0.25) is 0 Å². The van der Waals surface area contributed by atoms with Crippen LogP contribution < -0.4 is 4.90 Å². The average Bonchev–Trinajstić information content (AvgIpc) is 2.20. The van der Waals surface area contributed by atoms with Gasteiger partial charge in [0.05, 0.1) is 5.69 Å². The molecule has 1 aromatic rings. The van der Waals surface area contributed by atoms with Crippen LogP contribution in [0.5, 0.6) is 0 Å². The van der Waals surface area contributed by atoms with Crippen molar-refractivity contribution in [3.63, 3.8) is 0 Å². The number of carbonyl (C=O) groups excluding carboxylic acids is 1. The van der Waals surface area contributed by atoms with Crippen molar-refractivity contribution in [1.29, 1.82) is 0 Å². The van der Waals surface area contributed by atoms with Gasteiger partial charge in [0.2, 0.25) is 5.91 Å². The van der Waals surface area contributed by atoms with Crippen molar-refractivity contribution in [1.82, 2.24) is 0 Å². The van der Waals surface area contributed by atoms with Crippen molar-refractivity contribution in [3.8, 4) is 0 Å². The fourth-order valence-corrected chi connectivity index (χ4v) is 1.84. The molecule has 0 aliphatic heterocycles. The standard InChI is InChI=1S/C13H16BrNO/c1-10(2)8-9-15(11(3)16)13-7-5-4-6-12(13)14/h4-8H,9H2,1-3H3. The lowest BCUT2D eigenvalue weighted by molar-refractivity contribution is -0.116. The predicted octanol–water partition coefficient (Wildman–Crippen LogP) is 3.77. The SMILES string of the molecule is CC(=O)N(CC=C(C)C)c1ccccc1Br. The van der Waals surface area contributed by atoms with Gasteiger partial charge in [-0.25, -0.2) is 0 Å². The zero-order valence-electron chi connectivity index (χ0n) is 9.83. The highest BCUT2D eigenvalue weighted by molar-refractivity contribution is 9.10. The first-order valence-corrected chi connectivity index (χ1v) is 5.97. The minimum Gasteiger partial charge on any atom is -0.308 e. The molecular formula is C13H16BrNO. The largest absolute Gasteiger partial charge is 0.308 e. The van der Waals surface area contributed by atoms with Crippen LogP contribution in [0.3, 0.4) is 0 Å². The van der Waals surface area contributed by atoms with Crippen molar-refractivity contribution in [2.24, 2.45) is 0 Å². The van der Waals surface area contributed by atoms with Gasteiger partial charge in [-0.15, -0.1) is 0 Å². The lowest BCUT2D eigenvalue weighted by atomic mass is 10.2. The molecule has 3 heteroatoms. The zero-order valence-corrected chi connectivity index (χ0v) is 11.4. The number of nitrogens with zero attached hydrogens (tertiary/aromatic N) is 1. The Morgan fingerprint density at radius 3 is 2.44 bits per heavy atom. The fraction of sp³-hybridized carbons (Fsp3) is 0.308. The van der Waals surface area contributed by atoms with Gasteiger partial charge in [-0.05, 0) is 41.9 Å². The van der Waals surface area contributed by atoms with Crippen LogP contribution in [0, 0.1) is 0 Å². The minimum absolute atomic E-state index is 0.0457. The summed E-state index contributed by atoms with van der Waals surface area (Å²) < 4.78 is 0.937. The molecule has 0 saturated carbocycles. The molecule has 0 aliphatic carbocycles. The van der Waals surface area contributed by atoms with E-state index in [-0.39, 0.29) is 5.91 Å². The monoisotopic (exact) mass is 281 g/mol. The Bertz CT molecular complexity index is 408. The smallest absolute Gasteiger partial charge is 0.224 e. The van der Waals surface area contributed by atoms with E-state index >= 15 is 0 Å². The maximum atomic E-state index is 11.6. The molecule has 16 heavy (non-hydrogen) atoms. The average molecular weight is 282 g/mol. The summed E-state index contributed by atoms with van der Waals surface area (Å²) in [6.45, 7) is 6.25. The Labute approximate surface area is 105 Å². The van der Waals surface area contributed by atoms with Crippen LogP contribution in [0.15, 0.2) is 40.4 Å². The highest BCUT2D eigenvalue weighted by Gasteiger charge is 2.12. The molecule has 86 valence electrons. The van der Waals surface area contributed by atoms with E-state index in [1.54, 1.807) is 11.8 Å². The molecule has 0 aliphatic rings. The van der Waals surface area contributed by atoms with Crippen molar-refractivity contribution in [3.05, 3.63) is 40.4 Å². The van der Waals surface area contributed by atoms with Crippen molar-refractivity contribution in [2.45, 2.75) is 20.8 Å². The maximum absolute atomic E-state index is 11.6. The van der Waals surface area contributed by atoms with E-state index in [9.17, 15) is 4.79 Å². The lowest BCUT2D eigenvalue weighted by Crippen LogP contribution is -2.28. The van der Waals surface area contributed by atoms with E-state index in [1.165, 1.54) is 5.57 Å². The number of amides is 1. The number of anilines is 1. The third kappa shape index (κ3) is 3.49. The summed E-state index contributed by atoms with van der Waals surface area (Å²) in [4.78, 5) is 13.3. The van der Waals surface area contributed by atoms with Gasteiger partial charge in [-0.2, -0.15) is 0 Å². The van der Waals surface area contributed by atoms with Gasteiger partial charge in [0, 0.05) is 17.9 Å². The molecule has 1 aromatic carbocycles. The summed E-state index contributed by atoms with van der Waals surface area (Å²) >= 11 is 3.46. The molecule has 2 nitrogen and oxygen atoms in total. The Morgan fingerprint density at radius 1 is 1.31 bits per heavy atom. The summed E-state index contributed by atoms with van der Waals surface area (Å²) in [5.41, 5.74) is 2.12. The second kappa shape index (κ2) is 5.85. The molecule has 0 unspecified atom stereocenters. The van der Waals surface area contributed by atoms with Gasteiger partial charge in [0.1, 0.15) is 0 Å². The topological polar surface area (TPSA) is 20.3 Å². The van der Waals surface area contributed by atoms with Crippen LogP contribution in [0.25, 0.3) is 0 Å². The minimum atomic E-state index is 0.0457. The van der Waals surface area contributed by atoms with Crippen LogP contribution in [-0.4, -0.2) is 12.5 Å². The lowest BCUT2D eigenvalue weighted by Gasteiger charge is -2.21. The normalized spacial score (nSPS) is 9.75. The first-order chi connectivity index (χ1) is 7.52. The second-order valence-corrected chi connectivity index (χ2v) is 4.72. The number of halogens is 1. The summed E-state index contributed by atoms with van der Waals surface area (Å²) in [5, 5.41) is 0. The maximum Gasteiger partial charge on any atom is 0.224 e. The number of rotatable bonds is 3. The molecule has 0 aromatic heterocycles. The summed E-state index contributed by atoms with van der Waals surface area (Å²) in [5.74, 6) is 0.0457. The molecule has 0 spiro atoms. The Kier molecular flexibility index (Phi) is 4.74. The molecule has 0 fully saturated rings. The summed E-state index contributed by atoms with van der Waals surface area (Å²) in [7, 11) is 0.